The van der Waals surface area contributed by atoms with Gasteiger partial charge in [-0.3, -0.25) is 0 Å². The van der Waals surface area contributed by atoms with Crippen LogP contribution in [0.15, 0.2) is 0 Å². The molecule has 2 N–H and O–H groups in total. The van der Waals surface area contributed by atoms with Crippen molar-refractivity contribution in [3.63, 3.8) is 0 Å². The molecule has 1 aliphatic carbocycles. The summed E-state index contributed by atoms with van der Waals surface area (Å²) in [4.78, 5) is 0. The number of aliphatic hydroxyl groups is 1. The molecular formula is C8H17NO. The fourth-order valence-electron chi connectivity index (χ4n) is 1.19. The zero-order valence-corrected chi connectivity index (χ0v) is 6.64. The molecule has 60 valence electrons. The molecule has 0 amide bonds. The van der Waals surface area contributed by atoms with Crippen LogP contribution in [0.25, 0.3) is 0 Å². The smallest absolute Gasteiger partial charge is 0.0636 e. The minimum Gasteiger partial charge on any atom is -0.392 e. The zero-order chi connectivity index (χ0) is 7.40. The van der Waals surface area contributed by atoms with Crippen molar-refractivity contribution in [3.05, 3.63) is 0 Å². The SMILES string of the molecule is C[C@H](O)CNCC1CCC1. The first-order chi connectivity index (χ1) is 4.79. The monoisotopic (exact) mass is 143 g/mol. The Balaban J connectivity index is 1.85. The molecule has 1 fully saturated rings. The molecule has 0 aliphatic heterocycles. The highest BCUT2D eigenvalue weighted by Gasteiger charge is 2.16. The van der Waals surface area contributed by atoms with Gasteiger partial charge in [-0.05, 0) is 32.2 Å². The third kappa shape index (κ3) is 2.67. The molecule has 0 aromatic heterocycles. The molecule has 0 aromatic rings. The molecule has 1 rings (SSSR count). The van der Waals surface area contributed by atoms with Crippen molar-refractivity contribution in [1.82, 2.24) is 5.32 Å². The minimum atomic E-state index is -0.194. The summed E-state index contributed by atoms with van der Waals surface area (Å²) in [6, 6.07) is 0. The Hall–Kier alpha value is -0.0800. The molecule has 0 unspecified atom stereocenters. The molecule has 0 bridgehead atoms. The molecule has 1 saturated carbocycles. The van der Waals surface area contributed by atoms with E-state index in [0.717, 1.165) is 19.0 Å². The van der Waals surface area contributed by atoms with E-state index in [1.807, 2.05) is 6.92 Å². The van der Waals surface area contributed by atoms with E-state index < -0.39 is 0 Å². The second-order valence-corrected chi connectivity index (χ2v) is 3.30. The third-order valence-corrected chi connectivity index (χ3v) is 2.10. The van der Waals surface area contributed by atoms with E-state index >= 15 is 0 Å². The van der Waals surface area contributed by atoms with Crippen LogP contribution in [0.5, 0.6) is 0 Å². The molecule has 0 spiro atoms. The van der Waals surface area contributed by atoms with Crippen LogP contribution in [0.4, 0.5) is 0 Å². The maximum atomic E-state index is 8.89. The van der Waals surface area contributed by atoms with Gasteiger partial charge in [0.15, 0.2) is 0 Å². The van der Waals surface area contributed by atoms with E-state index in [9.17, 15) is 0 Å². The van der Waals surface area contributed by atoms with Crippen LogP contribution in [0.3, 0.4) is 0 Å². The van der Waals surface area contributed by atoms with Gasteiger partial charge in [0.05, 0.1) is 6.10 Å². The van der Waals surface area contributed by atoms with Gasteiger partial charge in [0.25, 0.3) is 0 Å². The van der Waals surface area contributed by atoms with E-state index in [-0.39, 0.29) is 6.10 Å². The molecule has 2 nitrogen and oxygen atoms in total. The fraction of sp³-hybridized carbons (Fsp3) is 1.00. The molecular weight excluding hydrogens is 126 g/mol. The summed E-state index contributed by atoms with van der Waals surface area (Å²) in [6.45, 7) is 3.66. The first-order valence-electron chi connectivity index (χ1n) is 4.18. The number of hydrogen-bond donors (Lipinski definition) is 2. The minimum absolute atomic E-state index is 0.194. The Kier molecular flexibility index (Phi) is 3.16. The van der Waals surface area contributed by atoms with E-state index in [4.69, 9.17) is 5.11 Å². The summed E-state index contributed by atoms with van der Waals surface area (Å²) < 4.78 is 0. The van der Waals surface area contributed by atoms with Crippen LogP contribution in [-0.4, -0.2) is 24.3 Å². The lowest BCUT2D eigenvalue weighted by Crippen LogP contribution is -2.32. The zero-order valence-electron chi connectivity index (χ0n) is 6.64. The maximum Gasteiger partial charge on any atom is 0.0636 e. The summed E-state index contributed by atoms with van der Waals surface area (Å²) >= 11 is 0. The van der Waals surface area contributed by atoms with Gasteiger partial charge in [-0.1, -0.05) is 6.42 Å². The fourth-order valence-corrected chi connectivity index (χ4v) is 1.19. The summed E-state index contributed by atoms with van der Waals surface area (Å²) in [7, 11) is 0. The van der Waals surface area contributed by atoms with Crippen molar-refractivity contribution < 1.29 is 5.11 Å². The third-order valence-electron chi connectivity index (χ3n) is 2.10. The predicted octanol–water partition coefficient (Wildman–Crippen LogP) is 0.757. The number of hydrogen-bond acceptors (Lipinski definition) is 2. The van der Waals surface area contributed by atoms with Gasteiger partial charge < -0.3 is 10.4 Å². The van der Waals surface area contributed by atoms with Gasteiger partial charge in [0, 0.05) is 6.54 Å². The second-order valence-electron chi connectivity index (χ2n) is 3.30. The van der Waals surface area contributed by atoms with Gasteiger partial charge >= 0.3 is 0 Å². The molecule has 2 heteroatoms. The van der Waals surface area contributed by atoms with Crippen molar-refractivity contribution in [3.8, 4) is 0 Å². The van der Waals surface area contributed by atoms with E-state index in [1.165, 1.54) is 19.3 Å². The Morgan fingerprint density at radius 1 is 1.60 bits per heavy atom. The number of rotatable bonds is 4. The average Bonchev–Trinajstić information content (AvgIpc) is 1.75. The van der Waals surface area contributed by atoms with Gasteiger partial charge in [-0.2, -0.15) is 0 Å². The Morgan fingerprint density at radius 3 is 2.70 bits per heavy atom. The van der Waals surface area contributed by atoms with Crippen molar-refractivity contribution in [2.75, 3.05) is 13.1 Å². The van der Waals surface area contributed by atoms with Crippen molar-refractivity contribution in [1.29, 1.82) is 0 Å². The highest BCUT2D eigenvalue weighted by atomic mass is 16.3. The molecule has 0 heterocycles. The van der Waals surface area contributed by atoms with Gasteiger partial charge in [-0.25, -0.2) is 0 Å². The predicted molar refractivity (Wildman–Crippen MR) is 41.9 cm³/mol. The lowest BCUT2D eigenvalue weighted by Gasteiger charge is -2.25. The number of nitrogens with one attached hydrogen (secondary N) is 1. The van der Waals surface area contributed by atoms with Crippen molar-refractivity contribution in [2.45, 2.75) is 32.3 Å². The van der Waals surface area contributed by atoms with Gasteiger partial charge in [-0.15, -0.1) is 0 Å². The molecule has 0 radical (unpaired) electrons. The van der Waals surface area contributed by atoms with Crippen LogP contribution in [-0.2, 0) is 0 Å². The van der Waals surface area contributed by atoms with Crippen LogP contribution >= 0.6 is 0 Å². The molecule has 0 aromatic carbocycles. The highest BCUT2D eigenvalue weighted by molar-refractivity contribution is 4.71. The van der Waals surface area contributed by atoms with E-state index in [2.05, 4.69) is 5.32 Å². The quantitative estimate of drug-likeness (QED) is 0.609. The van der Waals surface area contributed by atoms with E-state index in [1.54, 1.807) is 0 Å². The summed E-state index contributed by atoms with van der Waals surface area (Å²) in [5.74, 6) is 0.902. The number of aliphatic hydroxyl groups excluding tert-OH is 1. The van der Waals surface area contributed by atoms with Gasteiger partial charge in [0.2, 0.25) is 0 Å². The standard InChI is InChI=1S/C8H17NO/c1-7(10)5-9-6-8-3-2-4-8/h7-10H,2-6H2,1H3/t7-/m0/s1. The summed E-state index contributed by atoms with van der Waals surface area (Å²) in [5.41, 5.74) is 0. The summed E-state index contributed by atoms with van der Waals surface area (Å²) in [6.07, 6.45) is 3.97. The van der Waals surface area contributed by atoms with Crippen LogP contribution in [0, 0.1) is 5.92 Å². The van der Waals surface area contributed by atoms with Crippen molar-refractivity contribution in [2.24, 2.45) is 5.92 Å². The summed E-state index contributed by atoms with van der Waals surface area (Å²) in [5, 5.41) is 12.1. The molecule has 1 atom stereocenters. The maximum absolute atomic E-state index is 8.89. The molecule has 10 heavy (non-hydrogen) atoms. The Labute approximate surface area is 62.6 Å². The van der Waals surface area contributed by atoms with E-state index in [0.29, 0.717) is 0 Å². The van der Waals surface area contributed by atoms with Gasteiger partial charge in [0.1, 0.15) is 0 Å². The Bertz CT molecular complexity index is 89.3. The van der Waals surface area contributed by atoms with Crippen LogP contribution in [0.1, 0.15) is 26.2 Å². The lowest BCUT2D eigenvalue weighted by molar-refractivity contribution is 0.184. The largest absolute Gasteiger partial charge is 0.392 e. The molecule has 0 saturated heterocycles. The topological polar surface area (TPSA) is 32.3 Å². The van der Waals surface area contributed by atoms with Crippen LogP contribution < -0.4 is 5.32 Å². The lowest BCUT2D eigenvalue weighted by atomic mass is 9.85. The molecule has 1 aliphatic rings. The second kappa shape index (κ2) is 3.94. The highest BCUT2D eigenvalue weighted by Crippen LogP contribution is 2.24. The van der Waals surface area contributed by atoms with Crippen LogP contribution in [0.2, 0.25) is 0 Å². The van der Waals surface area contributed by atoms with Crippen molar-refractivity contribution >= 4 is 0 Å². The first-order valence-corrected chi connectivity index (χ1v) is 4.18. The first kappa shape index (κ1) is 8.02. The average molecular weight is 143 g/mol. The Morgan fingerprint density at radius 2 is 2.30 bits per heavy atom. The normalized spacial score (nSPS) is 22.2.